The van der Waals surface area contributed by atoms with Crippen molar-refractivity contribution >= 4 is 10.1 Å². The Morgan fingerprint density at radius 1 is 1.26 bits per heavy atom. The topological polar surface area (TPSA) is 151 Å². The van der Waals surface area contributed by atoms with Crippen molar-refractivity contribution < 1.29 is 32.3 Å². The normalized spacial score (nSPS) is 28.5. The fraction of sp³-hybridized carbons (Fsp3) is 0.625. The van der Waals surface area contributed by atoms with Crippen LogP contribution in [-0.4, -0.2) is 62.1 Å². The molecule has 2 rings (SSSR count). The van der Waals surface area contributed by atoms with Gasteiger partial charge in [0.15, 0.2) is 6.29 Å². The molecule has 1 aromatic rings. The Balaban J connectivity index is 1.99. The molecule has 10 nitrogen and oxygen atoms in total. The van der Waals surface area contributed by atoms with Crippen LogP contribution in [0.25, 0.3) is 10.4 Å². The Kier molecular flexibility index (Phi) is 7.99. The van der Waals surface area contributed by atoms with E-state index in [-0.39, 0.29) is 26.1 Å². The molecule has 5 atom stereocenters. The number of nitrogens with zero attached hydrogens (tertiary/aromatic N) is 3. The van der Waals surface area contributed by atoms with Crippen molar-refractivity contribution in [1.29, 1.82) is 0 Å². The van der Waals surface area contributed by atoms with E-state index in [2.05, 4.69) is 14.2 Å². The van der Waals surface area contributed by atoms with Crippen LogP contribution >= 0.6 is 0 Å². The van der Waals surface area contributed by atoms with Crippen molar-refractivity contribution in [3.8, 4) is 0 Å². The quantitative estimate of drug-likeness (QED) is 0.206. The predicted molar refractivity (Wildman–Crippen MR) is 94.9 cm³/mol. The molecule has 1 heterocycles. The maximum atomic E-state index is 11.0. The van der Waals surface area contributed by atoms with E-state index < -0.39 is 40.8 Å². The predicted octanol–water partition coefficient (Wildman–Crippen LogP) is 1.09. The van der Waals surface area contributed by atoms with Gasteiger partial charge in [0.25, 0.3) is 10.1 Å². The number of ether oxygens (including phenoxy) is 2. The van der Waals surface area contributed by atoms with E-state index in [1.165, 1.54) is 0 Å². The number of benzene rings is 1. The van der Waals surface area contributed by atoms with Gasteiger partial charge in [-0.25, -0.2) is 0 Å². The molecule has 1 aliphatic rings. The highest BCUT2D eigenvalue weighted by Crippen LogP contribution is 2.28. The van der Waals surface area contributed by atoms with Crippen LogP contribution in [0.5, 0.6) is 0 Å². The van der Waals surface area contributed by atoms with Gasteiger partial charge in [0.1, 0.15) is 6.10 Å². The molecule has 11 heteroatoms. The van der Waals surface area contributed by atoms with Crippen molar-refractivity contribution in [2.24, 2.45) is 5.11 Å². The molecule has 1 aromatic carbocycles. The second-order valence-electron chi connectivity index (χ2n) is 6.18. The maximum absolute atomic E-state index is 11.0. The molecule has 1 aliphatic heterocycles. The summed E-state index contributed by atoms with van der Waals surface area (Å²) in [5.41, 5.74) is 9.57. The van der Waals surface area contributed by atoms with Crippen LogP contribution in [-0.2, 0) is 30.4 Å². The third-order valence-corrected chi connectivity index (χ3v) is 4.64. The van der Waals surface area contributed by atoms with Crippen molar-refractivity contribution in [2.75, 3.05) is 12.9 Å². The average Bonchev–Trinajstić information content (AvgIpc) is 2.63. The molecule has 0 saturated carbocycles. The van der Waals surface area contributed by atoms with Gasteiger partial charge in [-0.15, -0.1) is 0 Å². The fourth-order valence-corrected chi connectivity index (χ4v) is 3.16. The van der Waals surface area contributed by atoms with Crippen LogP contribution in [0.4, 0.5) is 0 Å². The summed E-state index contributed by atoms with van der Waals surface area (Å²) in [6.07, 6.45) is -3.18. The molecule has 0 radical (unpaired) electrons. The minimum Gasteiger partial charge on any atom is -0.390 e. The van der Waals surface area contributed by atoms with Gasteiger partial charge in [-0.1, -0.05) is 35.4 Å². The maximum Gasteiger partial charge on any atom is 0.264 e. The molecule has 27 heavy (non-hydrogen) atoms. The second kappa shape index (κ2) is 10.00. The van der Waals surface area contributed by atoms with E-state index in [0.29, 0.717) is 0 Å². The molecule has 1 saturated heterocycles. The molecular formula is C16H23N3O7S. The lowest BCUT2D eigenvalue weighted by Gasteiger charge is -2.40. The van der Waals surface area contributed by atoms with Crippen molar-refractivity contribution in [2.45, 2.75) is 50.1 Å². The Morgan fingerprint density at radius 3 is 2.59 bits per heavy atom. The Labute approximate surface area is 157 Å². The van der Waals surface area contributed by atoms with Crippen LogP contribution in [0.2, 0.25) is 0 Å². The summed E-state index contributed by atoms with van der Waals surface area (Å²) in [6.45, 7) is 0.0846. The van der Waals surface area contributed by atoms with Crippen LogP contribution in [0.15, 0.2) is 35.4 Å². The fourth-order valence-electron chi connectivity index (χ4n) is 2.74. The summed E-state index contributed by atoms with van der Waals surface area (Å²) in [7, 11) is -3.56. The zero-order valence-electron chi connectivity index (χ0n) is 14.8. The summed E-state index contributed by atoms with van der Waals surface area (Å²) >= 11 is 0. The summed E-state index contributed by atoms with van der Waals surface area (Å²) in [5, 5.41) is 24.0. The first-order valence-electron chi connectivity index (χ1n) is 8.37. The molecule has 0 amide bonds. The van der Waals surface area contributed by atoms with E-state index in [0.717, 1.165) is 11.8 Å². The molecule has 0 unspecified atom stereocenters. The highest BCUT2D eigenvalue weighted by atomic mass is 32.2. The van der Waals surface area contributed by atoms with Gasteiger partial charge in [-0.05, 0) is 23.9 Å². The third-order valence-electron chi connectivity index (χ3n) is 4.04. The molecule has 0 bridgehead atoms. The van der Waals surface area contributed by atoms with Crippen molar-refractivity contribution in [1.82, 2.24) is 0 Å². The SMILES string of the molecule is CS(=O)(=O)OCCC[C@H]1O[C@H](OCc2ccccc2)[C@@H](O)[C@@H](O)[C@@H]1N=[N+]=[N-]. The average molecular weight is 401 g/mol. The molecule has 0 aliphatic carbocycles. The van der Waals surface area contributed by atoms with Gasteiger partial charge in [0, 0.05) is 4.91 Å². The molecular weight excluding hydrogens is 378 g/mol. The highest BCUT2D eigenvalue weighted by molar-refractivity contribution is 7.85. The zero-order chi connectivity index (χ0) is 19.9. The number of azide groups is 1. The minimum atomic E-state index is -3.56. The summed E-state index contributed by atoms with van der Waals surface area (Å²) in [5.74, 6) is 0. The Bertz CT molecular complexity index is 740. The molecule has 0 aromatic heterocycles. The van der Waals surface area contributed by atoms with Gasteiger partial charge in [0.2, 0.25) is 0 Å². The first-order chi connectivity index (χ1) is 12.8. The smallest absolute Gasteiger partial charge is 0.264 e. The first-order valence-corrected chi connectivity index (χ1v) is 10.2. The lowest BCUT2D eigenvalue weighted by atomic mass is 9.94. The number of aliphatic hydroxyl groups excluding tert-OH is 2. The number of rotatable bonds is 9. The largest absolute Gasteiger partial charge is 0.390 e. The van der Waals surface area contributed by atoms with Crippen LogP contribution in [0, 0.1) is 0 Å². The van der Waals surface area contributed by atoms with Crippen LogP contribution in [0.1, 0.15) is 18.4 Å². The highest BCUT2D eigenvalue weighted by Gasteiger charge is 2.44. The minimum absolute atomic E-state index is 0.0735. The monoisotopic (exact) mass is 401 g/mol. The van der Waals surface area contributed by atoms with Crippen LogP contribution < -0.4 is 0 Å². The lowest BCUT2D eigenvalue weighted by Crippen LogP contribution is -2.57. The molecule has 1 fully saturated rings. The summed E-state index contributed by atoms with van der Waals surface area (Å²) in [4.78, 5) is 2.69. The Hall–Kier alpha value is -1.72. The van der Waals surface area contributed by atoms with Gasteiger partial charge in [-0.3, -0.25) is 4.18 Å². The Morgan fingerprint density at radius 2 is 1.96 bits per heavy atom. The molecule has 150 valence electrons. The van der Waals surface area contributed by atoms with Crippen molar-refractivity contribution in [3.05, 3.63) is 46.3 Å². The lowest BCUT2D eigenvalue weighted by molar-refractivity contribution is -0.277. The second-order valence-corrected chi connectivity index (χ2v) is 7.83. The molecule has 2 N–H and O–H groups in total. The zero-order valence-corrected chi connectivity index (χ0v) is 15.6. The number of hydrogen-bond donors (Lipinski definition) is 2. The standard InChI is InChI=1S/C16H23N3O7S/c1-27(22,23)25-9-5-8-12-13(18-19-17)14(20)15(21)16(26-12)24-10-11-6-3-2-4-7-11/h2-4,6-7,12-16,20-21H,5,8-10H2,1H3/t12-,13-,14+,15+,16+/m1/s1. The van der Waals surface area contributed by atoms with Gasteiger partial charge in [-0.2, -0.15) is 8.42 Å². The van der Waals surface area contributed by atoms with E-state index in [1.807, 2.05) is 30.3 Å². The summed E-state index contributed by atoms with van der Waals surface area (Å²) < 4.78 is 37.9. The van der Waals surface area contributed by atoms with E-state index >= 15 is 0 Å². The number of aliphatic hydroxyl groups is 2. The van der Waals surface area contributed by atoms with Crippen LogP contribution in [0.3, 0.4) is 0 Å². The molecule has 0 spiro atoms. The van der Waals surface area contributed by atoms with Gasteiger partial charge >= 0.3 is 0 Å². The van der Waals surface area contributed by atoms with Crippen molar-refractivity contribution in [3.63, 3.8) is 0 Å². The van der Waals surface area contributed by atoms with E-state index in [4.69, 9.17) is 15.0 Å². The van der Waals surface area contributed by atoms with E-state index in [9.17, 15) is 18.6 Å². The van der Waals surface area contributed by atoms with Gasteiger partial charge < -0.3 is 19.7 Å². The van der Waals surface area contributed by atoms with Gasteiger partial charge in [0.05, 0.1) is 37.7 Å². The van der Waals surface area contributed by atoms with E-state index in [1.54, 1.807) is 0 Å². The first kappa shape index (κ1) is 21.6. The summed E-state index contributed by atoms with van der Waals surface area (Å²) in [6, 6.07) is 8.20. The number of hydrogen-bond acceptors (Lipinski definition) is 8. The third kappa shape index (κ3) is 6.74.